The van der Waals surface area contributed by atoms with Crippen molar-refractivity contribution in [3.8, 4) is 22.9 Å². The lowest BCUT2D eigenvalue weighted by Crippen LogP contribution is -2.50. The lowest BCUT2D eigenvalue weighted by Gasteiger charge is -2.45. The summed E-state index contributed by atoms with van der Waals surface area (Å²) in [5.74, 6) is 1.58. The number of hydrogen-bond acceptors (Lipinski definition) is 6. The molecule has 0 bridgehead atoms. The van der Waals surface area contributed by atoms with Crippen molar-refractivity contribution in [1.82, 2.24) is 9.47 Å². The van der Waals surface area contributed by atoms with E-state index in [9.17, 15) is 9.90 Å². The first-order valence-electron chi connectivity index (χ1n) is 11.4. The topological polar surface area (TPSA) is 93.4 Å². The Morgan fingerprint density at radius 3 is 2.71 bits per heavy atom. The third-order valence-corrected chi connectivity index (χ3v) is 6.56. The summed E-state index contributed by atoms with van der Waals surface area (Å²) < 4.78 is 19.6. The van der Waals surface area contributed by atoms with E-state index < -0.39 is 18.3 Å². The highest BCUT2D eigenvalue weighted by Gasteiger charge is 2.44. The molecule has 0 radical (unpaired) electrons. The first-order chi connectivity index (χ1) is 16.5. The Hall–Kier alpha value is -3.49. The number of hydrogen-bond donors (Lipinski definition) is 2. The monoisotopic (exact) mass is 468 g/mol. The van der Waals surface area contributed by atoms with Crippen LogP contribution in [0, 0.1) is 0 Å². The van der Waals surface area contributed by atoms with Crippen molar-refractivity contribution in [3.05, 3.63) is 72.1 Å². The van der Waals surface area contributed by atoms with Crippen molar-refractivity contribution in [2.45, 2.75) is 24.5 Å². The quantitative estimate of drug-likeness (QED) is 0.577. The molecule has 3 aromatic rings. The van der Waals surface area contributed by atoms with E-state index in [2.05, 4.69) is 22.9 Å². The molecule has 182 valence electrons. The molecule has 1 fully saturated rings. The van der Waals surface area contributed by atoms with Crippen LogP contribution < -0.4 is 14.2 Å². The molecule has 2 aromatic carbocycles. The molecule has 3 heterocycles. The summed E-state index contributed by atoms with van der Waals surface area (Å²) in [5, 5.41) is 18.5. The molecule has 0 saturated carbocycles. The summed E-state index contributed by atoms with van der Waals surface area (Å²) in [6.07, 6.45) is 2.45. The normalized spacial score (nSPS) is 16.9. The van der Waals surface area contributed by atoms with Crippen molar-refractivity contribution in [3.63, 3.8) is 0 Å². The Kier molecular flexibility index (Phi) is 5.93. The van der Waals surface area contributed by atoms with Gasteiger partial charge in [-0.15, -0.1) is 0 Å². The van der Waals surface area contributed by atoms with Crippen molar-refractivity contribution >= 4 is 5.91 Å². The smallest absolute Gasteiger partial charge is 0.253 e. The van der Waals surface area contributed by atoms with Gasteiger partial charge in [0.25, 0.3) is 5.91 Å². The van der Waals surface area contributed by atoms with Gasteiger partial charge in [-0.25, -0.2) is 0 Å². The van der Waals surface area contributed by atoms with Gasteiger partial charge in [-0.3, -0.25) is 4.79 Å². The van der Waals surface area contributed by atoms with Gasteiger partial charge < -0.3 is 33.9 Å². The molecule has 1 atom stereocenters. The summed E-state index contributed by atoms with van der Waals surface area (Å²) in [4.78, 5) is 15.1. The van der Waals surface area contributed by atoms with Crippen LogP contribution in [0.1, 0.15) is 31.7 Å². The van der Waals surface area contributed by atoms with Gasteiger partial charge in [0.1, 0.15) is 18.5 Å². The number of methoxy groups -OCH3 is 1. The van der Waals surface area contributed by atoms with Crippen LogP contribution in [-0.4, -0.2) is 65.1 Å². The standard InChI is InChI=1S/C26H28N2O6.2H2/c1-32-23-15-18(8-9-22(23)33-17-19(30)16-29)25(31)27-13-10-26(11-14-27)24-7-4-12-28(24)20-5-2-3-6-21(20)34-26;;/h2-9,12,15,19,29-30H,10-11,13-14,16-17H2,1H3;2*1H/t19-;;/m1../s1. The van der Waals surface area contributed by atoms with Crippen LogP contribution in [0.5, 0.6) is 17.2 Å². The maximum Gasteiger partial charge on any atom is 0.253 e. The largest absolute Gasteiger partial charge is 0.493 e. The molecule has 1 amide bonds. The number of nitrogens with zero attached hydrogens (tertiary/aromatic N) is 2. The second-order valence-corrected chi connectivity index (χ2v) is 8.63. The van der Waals surface area contributed by atoms with E-state index in [1.54, 1.807) is 18.2 Å². The predicted molar refractivity (Wildman–Crippen MR) is 129 cm³/mol. The Morgan fingerprint density at radius 1 is 1.15 bits per heavy atom. The number of carbonyl (C=O) groups is 1. The van der Waals surface area contributed by atoms with Gasteiger partial charge in [0.15, 0.2) is 17.1 Å². The van der Waals surface area contributed by atoms with E-state index in [-0.39, 0.29) is 15.4 Å². The van der Waals surface area contributed by atoms with Crippen molar-refractivity contribution in [1.29, 1.82) is 0 Å². The summed E-state index contributed by atoms with van der Waals surface area (Å²) in [5.41, 5.74) is 2.19. The van der Waals surface area contributed by atoms with Crippen molar-refractivity contribution < 1.29 is 32.1 Å². The van der Waals surface area contributed by atoms with E-state index in [1.165, 1.54) is 7.11 Å². The van der Waals surface area contributed by atoms with Crippen LogP contribution in [0.15, 0.2) is 60.8 Å². The van der Waals surface area contributed by atoms with Gasteiger partial charge in [-0.1, -0.05) is 12.1 Å². The van der Waals surface area contributed by atoms with Gasteiger partial charge in [0.05, 0.1) is 25.1 Å². The minimum Gasteiger partial charge on any atom is -0.493 e. The average molecular weight is 469 g/mol. The Labute approximate surface area is 200 Å². The molecular weight excluding hydrogens is 436 g/mol. The van der Waals surface area contributed by atoms with Gasteiger partial charge in [0.2, 0.25) is 0 Å². The number of carbonyl (C=O) groups excluding carboxylic acids is 1. The first-order valence-corrected chi connectivity index (χ1v) is 11.4. The number of aliphatic hydroxyl groups is 2. The molecule has 2 aliphatic rings. The molecule has 0 unspecified atom stereocenters. The van der Waals surface area contributed by atoms with Crippen LogP contribution in [0.25, 0.3) is 5.69 Å². The number of piperidine rings is 1. The fraction of sp³-hybridized carbons (Fsp3) is 0.346. The summed E-state index contributed by atoms with van der Waals surface area (Å²) in [7, 11) is 1.50. The van der Waals surface area contributed by atoms with Crippen LogP contribution in [0.4, 0.5) is 0 Å². The molecule has 5 rings (SSSR count). The number of ether oxygens (including phenoxy) is 3. The van der Waals surface area contributed by atoms with Gasteiger partial charge in [0, 0.05) is 40.5 Å². The molecular formula is C26H32N2O6. The average Bonchev–Trinajstić information content (AvgIpc) is 3.39. The number of amides is 1. The SMILES string of the molecule is COc1cc(C(=O)N2CCC3(CC2)Oc2ccccc2-n2cccc23)ccc1OC[C@H](O)CO.[HH].[HH]. The van der Waals surface area contributed by atoms with Crippen molar-refractivity contribution in [2.75, 3.05) is 33.4 Å². The van der Waals surface area contributed by atoms with Crippen LogP contribution in [-0.2, 0) is 5.60 Å². The van der Waals surface area contributed by atoms with Gasteiger partial charge >= 0.3 is 0 Å². The summed E-state index contributed by atoms with van der Waals surface area (Å²) >= 11 is 0. The molecule has 2 N–H and O–H groups in total. The summed E-state index contributed by atoms with van der Waals surface area (Å²) in [6, 6.07) is 17.1. The number of aromatic nitrogens is 1. The minimum absolute atomic E-state index is 0. The molecule has 1 spiro atoms. The van der Waals surface area contributed by atoms with Crippen LogP contribution in [0.3, 0.4) is 0 Å². The number of aliphatic hydroxyl groups excluding tert-OH is 2. The predicted octanol–water partition coefficient (Wildman–Crippen LogP) is 3.23. The molecule has 8 nitrogen and oxygen atoms in total. The van der Waals surface area contributed by atoms with E-state index in [0.29, 0.717) is 43.0 Å². The molecule has 1 saturated heterocycles. The van der Waals surface area contributed by atoms with E-state index in [4.69, 9.17) is 19.3 Å². The molecule has 0 aliphatic carbocycles. The number of para-hydroxylation sites is 2. The first kappa shape index (κ1) is 22.3. The lowest BCUT2D eigenvalue weighted by molar-refractivity contribution is -0.00932. The zero-order chi connectivity index (χ0) is 23.7. The maximum atomic E-state index is 13.3. The fourth-order valence-electron chi connectivity index (χ4n) is 4.74. The van der Waals surface area contributed by atoms with Crippen LogP contribution >= 0.6 is 0 Å². The number of rotatable bonds is 6. The Balaban J connectivity index is 0.00000180. The van der Waals surface area contributed by atoms with Gasteiger partial charge in [-0.2, -0.15) is 0 Å². The third-order valence-electron chi connectivity index (χ3n) is 6.56. The number of fused-ring (bicyclic) bond motifs is 4. The second kappa shape index (κ2) is 9.04. The minimum atomic E-state index is -0.984. The maximum absolute atomic E-state index is 13.3. The van der Waals surface area contributed by atoms with E-state index >= 15 is 0 Å². The Bertz CT molecular complexity index is 1190. The van der Waals surface area contributed by atoms with E-state index in [1.807, 2.05) is 29.2 Å². The fourth-order valence-corrected chi connectivity index (χ4v) is 4.74. The second-order valence-electron chi connectivity index (χ2n) is 8.63. The molecule has 1 aromatic heterocycles. The number of likely N-dealkylation sites (tertiary alicyclic amines) is 1. The highest BCUT2D eigenvalue weighted by Crippen LogP contribution is 2.45. The third kappa shape index (κ3) is 3.89. The van der Waals surface area contributed by atoms with Crippen LogP contribution in [0.2, 0.25) is 0 Å². The zero-order valence-corrected chi connectivity index (χ0v) is 19.0. The molecule has 34 heavy (non-hydrogen) atoms. The highest BCUT2D eigenvalue weighted by molar-refractivity contribution is 5.95. The zero-order valence-electron chi connectivity index (χ0n) is 19.0. The number of benzene rings is 2. The molecule has 8 heteroatoms. The summed E-state index contributed by atoms with van der Waals surface area (Å²) in [6.45, 7) is 0.666. The van der Waals surface area contributed by atoms with E-state index in [0.717, 1.165) is 17.1 Å². The molecule has 2 aliphatic heterocycles. The lowest BCUT2D eigenvalue weighted by atomic mass is 9.86. The highest BCUT2D eigenvalue weighted by atomic mass is 16.5. The van der Waals surface area contributed by atoms with Crippen molar-refractivity contribution in [2.24, 2.45) is 0 Å². The van der Waals surface area contributed by atoms with Gasteiger partial charge in [-0.05, 0) is 42.5 Å². The Morgan fingerprint density at radius 2 is 1.94 bits per heavy atom.